The molecule has 6 heteroatoms. The fraction of sp³-hybridized carbons (Fsp3) is 0.889. The van der Waals surface area contributed by atoms with Crippen molar-refractivity contribution in [1.82, 2.24) is 14.7 Å². The number of fused-ring (bicyclic) bond motifs is 1. The maximum atomic E-state index is 13.4. The van der Waals surface area contributed by atoms with Gasteiger partial charge in [-0.2, -0.15) is 0 Å². The van der Waals surface area contributed by atoms with E-state index in [0.717, 1.165) is 32.4 Å². The fourth-order valence-electron chi connectivity index (χ4n) is 4.66. The molecule has 0 aromatic carbocycles. The van der Waals surface area contributed by atoms with E-state index in [1.807, 2.05) is 23.6 Å². The van der Waals surface area contributed by atoms with E-state index in [-0.39, 0.29) is 23.3 Å². The van der Waals surface area contributed by atoms with Gasteiger partial charge in [0, 0.05) is 38.1 Å². The van der Waals surface area contributed by atoms with Crippen LogP contribution in [0.4, 0.5) is 0 Å². The predicted molar refractivity (Wildman–Crippen MR) is 91.5 cm³/mol. The molecule has 3 aliphatic rings. The lowest BCUT2D eigenvalue weighted by Crippen LogP contribution is -2.53. The quantitative estimate of drug-likeness (QED) is 0.748. The van der Waals surface area contributed by atoms with E-state index >= 15 is 0 Å². The summed E-state index contributed by atoms with van der Waals surface area (Å²) in [5.41, 5.74) is -0.321. The molecule has 0 aromatic rings. The molecule has 2 atom stereocenters. The summed E-state index contributed by atoms with van der Waals surface area (Å²) < 4.78 is 5.41. The maximum Gasteiger partial charge on any atom is 0.230 e. The molecule has 0 aromatic heterocycles. The second kappa shape index (κ2) is 7.00. The van der Waals surface area contributed by atoms with Gasteiger partial charge in [-0.1, -0.05) is 13.8 Å². The number of rotatable bonds is 2. The highest BCUT2D eigenvalue weighted by atomic mass is 16.5. The summed E-state index contributed by atoms with van der Waals surface area (Å²) in [4.78, 5) is 32.1. The summed E-state index contributed by atoms with van der Waals surface area (Å²) in [5.74, 6) is 0.525. The Morgan fingerprint density at radius 3 is 2.33 bits per heavy atom. The second-order valence-electron chi connectivity index (χ2n) is 7.83. The van der Waals surface area contributed by atoms with Crippen LogP contribution in [0.3, 0.4) is 0 Å². The molecule has 0 radical (unpaired) electrons. The van der Waals surface area contributed by atoms with Crippen LogP contribution in [0.5, 0.6) is 0 Å². The van der Waals surface area contributed by atoms with Gasteiger partial charge in [0.1, 0.15) is 0 Å². The van der Waals surface area contributed by atoms with Gasteiger partial charge in [0.25, 0.3) is 0 Å². The number of likely N-dealkylation sites (tertiary alicyclic amines) is 2. The minimum atomic E-state index is -0.321. The van der Waals surface area contributed by atoms with Gasteiger partial charge in [-0.3, -0.25) is 9.59 Å². The summed E-state index contributed by atoms with van der Waals surface area (Å²) in [7, 11) is 2.12. The Balaban J connectivity index is 1.80. The average Bonchev–Trinajstić information content (AvgIpc) is 2.80. The topological polar surface area (TPSA) is 53.1 Å². The highest BCUT2D eigenvalue weighted by Gasteiger charge is 2.54. The third-order valence-corrected chi connectivity index (χ3v) is 6.11. The Morgan fingerprint density at radius 2 is 1.67 bits per heavy atom. The molecule has 6 nitrogen and oxygen atoms in total. The zero-order valence-corrected chi connectivity index (χ0v) is 15.3. The smallest absolute Gasteiger partial charge is 0.230 e. The van der Waals surface area contributed by atoms with Crippen molar-refractivity contribution in [1.29, 1.82) is 0 Å². The first-order valence-electron chi connectivity index (χ1n) is 9.32. The Labute approximate surface area is 145 Å². The zero-order chi connectivity index (χ0) is 17.3. The second-order valence-corrected chi connectivity index (χ2v) is 7.83. The monoisotopic (exact) mass is 337 g/mol. The number of hydrogen-bond donors (Lipinski definition) is 0. The highest BCUT2D eigenvalue weighted by Crippen LogP contribution is 2.44. The average molecular weight is 337 g/mol. The number of nitrogens with zero attached hydrogens (tertiary/aromatic N) is 3. The molecule has 3 fully saturated rings. The first-order valence-corrected chi connectivity index (χ1v) is 9.32. The van der Waals surface area contributed by atoms with E-state index in [0.29, 0.717) is 38.8 Å². The van der Waals surface area contributed by atoms with Crippen molar-refractivity contribution in [2.45, 2.75) is 39.2 Å². The molecule has 0 bridgehead atoms. The number of carbonyl (C=O) groups excluding carboxylic acids is 2. The Morgan fingerprint density at radius 1 is 1.00 bits per heavy atom. The molecular weight excluding hydrogens is 306 g/mol. The van der Waals surface area contributed by atoms with Crippen molar-refractivity contribution in [3.63, 3.8) is 0 Å². The van der Waals surface area contributed by atoms with E-state index in [1.54, 1.807) is 0 Å². The molecular formula is C18H31N3O3. The fourth-order valence-corrected chi connectivity index (χ4v) is 4.66. The van der Waals surface area contributed by atoms with Crippen LogP contribution in [0.25, 0.3) is 0 Å². The van der Waals surface area contributed by atoms with Gasteiger partial charge < -0.3 is 19.4 Å². The van der Waals surface area contributed by atoms with Gasteiger partial charge in [0.2, 0.25) is 11.8 Å². The molecule has 0 N–H and O–H groups in total. The lowest BCUT2D eigenvalue weighted by Gasteiger charge is -2.39. The molecule has 0 spiro atoms. The van der Waals surface area contributed by atoms with Gasteiger partial charge in [0.05, 0.1) is 18.6 Å². The van der Waals surface area contributed by atoms with E-state index < -0.39 is 0 Å². The van der Waals surface area contributed by atoms with E-state index in [2.05, 4.69) is 11.9 Å². The first-order chi connectivity index (χ1) is 11.5. The van der Waals surface area contributed by atoms with Gasteiger partial charge in [-0.25, -0.2) is 0 Å². The summed E-state index contributed by atoms with van der Waals surface area (Å²) in [6, 6.07) is 0.248. The Hall–Kier alpha value is -1.14. The van der Waals surface area contributed by atoms with Crippen LogP contribution in [-0.2, 0) is 14.3 Å². The van der Waals surface area contributed by atoms with E-state index in [9.17, 15) is 9.59 Å². The standard InChI is InChI=1S/C18H31N3O3/c1-14(2)16(22)20-7-4-15-18(6-9-20,5-8-19(15)3)17(23)21-10-12-24-13-11-21/h14-15H,4-13H2,1-3H3/t15-,18-/m1/s1. The molecule has 0 unspecified atom stereocenters. The molecule has 0 saturated carbocycles. The van der Waals surface area contributed by atoms with Gasteiger partial charge in [-0.05, 0) is 32.9 Å². The van der Waals surface area contributed by atoms with Gasteiger partial charge in [-0.15, -0.1) is 0 Å². The number of morpholine rings is 1. The minimum Gasteiger partial charge on any atom is -0.378 e. The maximum absolute atomic E-state index is 13.4. The molecule has 0 aliphatic carbocycles. The Kier molecular flexibility index (Phi) is 5.16. The first kappa shape index (κ1) is 17.7. The normalized spacial score (nSPS) is 31.9. The zero-order valence-electron chi connectivity index (χ0n) is 15.3. The third-order valence-electron chi connectivity index (χ3n) is 6.11. The predicted octanol–water partition coefficient (Wildman–Crippen LogP) is 0.814. The van der Waals surface area contributed by atoms with Crippen LogP contribution < -0.4 is 0 Å². The van der Waals surface area contributed by atoms with Crippen molar-refractivity contribution >= 4 is 11.8 Å². The summed E-state index contributed by atoms with van der Waals surface area (Å²) in [6.07, 6.45) is 2.59. The van der Waals surface area contributed by atoms with Crippen molar-refractivity contribution < 1.29 is 14.3 Å². The van der Waals surface area contributed by atoms with Gasteiger partial charge >= 0.3 is 0 Å². The van der Waals surface area contributed by atoms with E-state index in [4.69, 9.17) is 4.74 Å². The van der Waals surface area contributed by atoms with Crippen LogP contribution in [0.1, 0.15) is 33.1 Å². The molecule has 2 amide bonds. The molecule has 3 heterocycles. The molecule has 3 aliphatic heterocycles. The molecule has 3 saturated heterocycles. The number of carbonyl (C=O) groups is 2. The van der Waals surface area contributed by atoms with Crippen LogP contribution in [0.2, 0.25) is 0 Å². The molecule has 24 heavy (non-hydrogen) atoms. The number of amides is 2. The van der Waals surface area contributed by atoms with Crippen molar-refractivity contribution in [3.05, 3.63) is 0 Å². The third kappa shape index (κ3) is 3.06. The SMILES string of the molecule is CC(C)C(=O)N1CC[C@H]2N(C)CC[C@@]2(C(=O)N2CCOCC2)CC1. The number of ether oxygens (including phenoxy) is 1. The number of hydrogen-bond acceptors (Lipinski definition) is 4. The molecule has 3 rings (SSSR count). The van der Waals surface area contributed by atoms with Crippen molar-refractivity contribution in [2.24, 2.45) is 11.3 Å². The Bertz CT molecular complexity index is 490. The van der Waals surface area contributed by atoms with Crippen LogP contribution in [0.15, 0.2) is 0 Å². The lowest BCUT2D eigenvalue weighted by atomic mass is 9.75. The van der Waals surface area contributed by atoms with Crippen LogP contribution in [0, 0.1) is 11.3 Å². The van der Waals surface area contributed by atoms with Crippen molar-refractivity contribution in [3.8, 4) is 0 Å². The van der Waals surface area contributed by atoms with E-state index in [1.165, 1.54) is 0 Å². The largest absolute Gasteiger partial charge is 0.378 e. The molecule has 136 valence electrons. The summed E-state index contributed by atoms with van der Waals surface area (Å²) >= 11 is 0. The summed E-state index contributed by atoms with van der Waals surface area (Å²) in [5, 5.41) is 0. The minimum absolute atomic E-state index is 0.0200. The summed E-state index contributed by atoms with van der Waals surface area (Å²) in [6.45, 7) is 9.03. The highest BCUT2D eigenvalue weighted by molar-refractivity contribution is 5.84. The lowest BCUT2D eigenvalue weighted by molar-refractivity contribution is -0.148. The van der Waals surface area contributed by atoms with Crippen LogP contribution >= 0.6 is 0 Å². The van der Waals surface area contributed by atoms with Gasteiger partial charge in [0.15, 0.2) is 0 Å². The van der Waals surface area contributed by atoms with Crippen molar-refractivity contribution in [2.75, 3.05) is 53.0 Å². The van der Waals surface area contributed by atoms with Crippen LogP contribution in [-0.4, -0.2) is 85.5 Å².